The summed E-state index contributed by atoms with van der Waals surface area (Å²) in [6.45, 7) is 0.404. The van der Waals surface area contributed by atoms with E-state index in [2.05, 4.69) is 4.72 Å². The second kappa shape index (κ2) is 4.58. The predicted molar refractivity (Wildman–Crippen MR) is 69.9 cm³/mol. The standard InChI is InChI=1S/C11H15N3O3S/c1-18(16,17)13-9-4-2-3-5-10(9)14-7-8(12)6-11(14)15/h2-5,8,13H,6-7,12H2,1H3. The van der Waals surface area contributed by atoms with Crippen LogP contribution < -0.4 is 15.4 Å². The van der Waals surface area contributed by atoms with Crippen LogP contribution in [-0.2, 0) is 14.8 Å². The first kappa shape index (κ1) is 12.8. The van der Waals surface area contributed by atoms with Crippen molar-refractivity contribution in [3.8, 4) is 0 Å². The molecular formula is C11H15N3O3S. The first-order chi connectivity index (χ1) is 8.37. The molecule has 3 N–H and O–H groups in total. The monoisotopic (exact) mass is 269 g/mol. The highest BCUT2D eigenvalue weighted by Crippen LogP contribution is 2.29. The number of carbonyl (C=O) groups excluding carboxylic acids is 1. The molecule has 1 atom stereocenters. The van der Waals surface area contributed by atoms with Crippen LogP contribution in [0.4, 0.5) is 11.4 Å². The number of carbonyl (C=O) groups is 1. The lowest BCUT2D eigenvalue weighted by Gasteiger charge is -2.20. The lowest BCUT2D eigenvalue weighted by molar-refractivity contribution is -0.117. The molecule has 0 aromatic heterocycles. The number of anilines is 2. The van der Waals surface area contributed by atoms with E-state index in [1.54, 1.807) is 24.3 Å². The normalized spacial score (nSPS) is 20.2. The lowest BCUT2D eigenvalue weighted by Crippen LogP contribution is -2.29. The summed E-state index contributed by atoms with van der Waals surface area (Å²) in [5.74, 6) is -0.0924. The van der Waals surface area contributed by atoms with Gasteiger partial charge in [-0.3, -0.25) is 9.52 Å². The number of para-hydroxylation sites is 2. The Morgan fingerprint density at radius 2 is 2.06 bits per heavy atom. The molecular weight excluding hydrogens is 254 g/mol. The minimum atomic E-state index is -3.38. The molecule has 18 heavy (non-hydrogen) atoms. The smallest absolute Gasteiger partial charge is 0.229 e. The van der Waals surface area contributed by atoms with Crippen LogP contribution in [0.2, 0.25) is 0 Å². The van der Waals surface area contributed by atoms with E-state index in [1.807, 2.05) is 0 Å². The summed E-state index contributed by atoms with van der Waals surface area (Å²) >= 11 is 0. The van der Waals surface area contributed by atoms with Gasteiger partial charge in [-0.05, 0) is 12.1 Å². The van der Waals surface area contributed by atoms with Crippen LogP contribution in [-0.4, -0.2) is 33.2 Å². The number of rotatable bonds is 3. The zero-order valence-corrected chi connectivity index (χ0v) is 10.8. The molecule has 6 nitrogen and oxygen atoms in total. The fraction of sp³-hybridized carbons (Fsp3) is 0.364. The fourth-order valence-corrected chi connectivity index (χ4v) is 2.54. The van der Waals surface area contributed by atoms with Crippen molar-refractivity contribution >= 4 is 27.3 Å². The van der Waals surface area contributed by atoms with Gasteiger partial charge in [-0.25, -0.2) is 8.42 Å². The van der Waals surface area contributed by atoms with Gasteiger partial charge in [-0.15, -0.1) is 0 Å². The quantitative estimate of drug-likeness (QED) is 0.815. The molecule has 1 heterocycles. The van der Waals surface area contributed by atoms with E-state index in [-0.39, 0.29) is 18.4 Å². The van der Waals surface area contributed by atoms with Gasteiger partial charge in [0.25, 0.3) is 0 Å². The van der Waals surface area contributed by atoms with Crippen molar-refractivity contribution in [1.29, 1.82) is 0 Å². The minimum absolute atomic E-state index is 0.0924. The van der Waals surface area contributed by atoms with Gasteiger partial charge in [0, 0.05) is 19.0 Å². The Hall–Kier alpha value is -1.60. The molecule has 0 aliphatic carbocycles. The van der Waals surface area contributed by atoms with Crippen LogP contribution in [0.25, 0.3) is 0 Å². The number of hydrogen-bond acceptors (Lipinski definition) is 4. The van der Waals surface area contributed by atoms with Crippen LogP contribution in [0.15, 0.2) is 24.3 Å². The molecule has 98 valence electrons. The van der Waals surface area contributed by atoms with Crippen LogP contribution in [0, 0.1) is 0 Å². The molecule has 0 saturated carbocycles. The highest BCUT2D eigenvalue weighted by Gasteiger charge is 2.29. The van der Waals surface area contributed by atoms with Gasteiger partial charge >= 0.3 is 0 Å². The summed E-state index contributed by atoms with van der Waals surface area (Å²) in [4.78, 5) is 13.3. The third kappa shape index (κ3) is 2.80. The average Bonchev–Trinajstić information content (AvgIpc) is 2.56. The van der Waals surface area contributed by atoms with Crippen LogP contribution in [0.3, 0.4) is 0 Å². The Morgan fingerprint density at radius 3 is 2.61 bits per heavy atom. The molecule has 1 saturated heterocycles. The molecule has 1 fully saturated rings. The van der Waals surface area contributed by atoms with E-state index >= 15 is 0 Å². The SMILES string of the molecule is CS(=O)(=O)Nc1ccccc1N1CC(N)CC1=O. The Bertz CT molecular complexity index is 571. The number of amides is 1. The maximum Gasteiger partial charge on any atom is 0.229 e. The van der Waals surface area contributed by atoms with E-state index in [0.29, 0.717) is 17.9 Å². The number of sulfonamides is 1. The van der Waals surface area contributed by atoms with Gasteiger partial charge in [-0.2, -0.15) is 0 Å². The summed E-state index contributed by atoms with van der Waals surface area (Å²) in [7, 11) is -3.38. The van der Waals surface area contributed by atoms with Crippen molar-refractivity contribution < 1.29 is 13.2 Å². The molecule has 0 bridgehead atoms. The average molecular weight is 269 g/mol. The molecule has 1 aromatic rings. The van der Waals surface area contributed by atoms with E-state index in [0.717, 1.165) is 6.26 Å². The molecule has 1 aliphatic heterocycles. The molecule has 2 rings (SSSR count). The van der Waals surface area contributed by atoms with Gasteiger partial charge < -0.3 is 10.6 Å². The Labute approximate surface area is 106 Å². The highest BCUT2D eigenvalue weighted by atomic mass is 32.2. The van der Waals surface area contributed by atoms with Crippen molar-refractivity contribution in [2.45, 2.75) is 12.5 Å². The topological polar surface area (TPSA) is 92.5 Å². The Kier molecular flexibility index (Phi) is 3.27. The number of nitrogens with two attached hydrogens (primary N) is 1. The third-order valence-corrected chi connectivity index (χ3v) is 3.24. The van der Waals surface area contributed by atoms with E-state index in [9.17, 15) is 13.2 Å². The molecule has 0 radical (unpaired) electrons. The summed E-state index contributed by atoms with van der Waals surface area (Å²) in [5.41, 5.74) is 6.66. The number of benzene rings is 1. The van der Waals surface area contributed by atoms with Crippen molar-refractivity contribution in [1.82, 2.24) is 0 Å². The first-order valence-electron chi connectivity index (χ1n) is 5.49. The van der Waals surface area contributed by atoms with Crippen LogP contribution in [0.1, 0.15) is 6.42 Å². The zero-order valence-electron chi connectivity index (χ0n) is 9.96. The maximum absolute atomic E-state index is 11.8. The Balaban J connectivity index is 2.36. The highest BCUT2D eigenvalue weighted by molar-refractivity contribution is 7.92. The molecule has 7 heteroatoms. The van der Waals surface area contributed by atoms with Crippen LogP contribution in [0.5, 0.6) is 0 Å². The summed E-state index contributed by atoms with van der Waals surface area (Å²) < 4.78 is 24.9. The summed E-state index contributed by atoms with van der Waals surface area (Å²) in [6.07, 6.45) is 1.36. The third-order valence-electron chi connectivity index (χ3n) is 2.65. The van der Waals surface area contributed by atoms with Crippen molar-refractivity contribution in [2.24, 2.45) is 5.73 Å². The number of nitrogens with one attached hydrogen (secondary N) is 1. The van der Waals surface area contributed by atoms with Gasteiger partial charge in [0.2, 0.25) is 15.9 Å². The maximum atomic E-state index is 11.8. The minimum Gasteiger partial charge on any atom is -0.326 e. The van der Waals surface area contributed by atoms with Gasteiger partial charge in [-0.1, -0.05) is 12.1 Å². The van der Waals surface area contributed by atoms with Crippen molar-refractivity contribution in [3.05, 3.63) is 24.3 Å². The van der Waals surface area contributed by atoms with E-state index in [1.165, 1.54) is 4.90 Å². The second-order valence-electron chi connectivity index (χ2n) is 4.36. The van der Waals surface area contributed by atoms with Gasteiger partial charge in [0.05, 0.1) is 17.6 Å². The predicted octanol–water partition coefficient (Wildman–Crippen LogP) is 0.122. The van der Waals surface area contributed by atoms with Crippen LogP contribution >= 0.6 is 0 Å². The molecule has 0 spiro atoms. The van der Waals surface area contributed by atoms with Crippen molar-refractivity contribution in [2.75, 3.05) is 22.4 Å². The molecule has 1 aromatic carbocycles. The largest absolute Gasteiger partial charge is 0.326 e. The lowest BCUT2D eigenvalue weighted by atomic mass is 10.2. The molecule has 1 aliphatic rings. The fourth-order valence-electron chi connectivity index (χ4n) is 1.96. The Morgan fingerprint density at radius 1 is 1.39 bits per heavy atom. The summed E-state index contributed by atoms with van der Waals surface area (Å²) in [5, 5.41) is 0. The molecule has 1 unspecified atom stereocenters. The summed E-state index contributed by atoms with van der Waals surface area (Å²) in [6, 6.07) is 6.57. The number of nitrogens with zero attached hydrogens (tertiary/aromatic N) is 1. The van der Waals surface area contributed by atoms with E-state index in [4.69, 9.17) is 5.73 Å². The first-order valence-corrected chi connectivity index (χ1v) is 7.39. The number of hydrogen-bond donors (Lipinski definition) is 2. The van der Waals surface area contributed by atoms with E-state index < -0.39 is 10.0 Å². The zero-order chi connectivity index (χ0) is 13.3. The molecule has 1 amide bonds. The van der Waals surface area contributed by atoms with Gasteiger partial charge in [0.15, 0.2) is 0 Å². The van der Waals surface area contributed by atoms with Gasteiger partial charge in [0.1, 0.15) is 0 Å². The second-order valence-corrected chi connectivity index (χ2v) is 6.11. The van der Waals surface area contributed by atoms with Crippen molar-refractivity contribution in [3.63, 3.8) is 0 Å².